The predicted octanol–water partition coefficient (Wildman–Crippen LogP) is 1.36. The van der Waals surface area contributed by atoms with Gasteiger partial charge in [-0.15, -0.1) is 0 Å². The maximum Gasteiger partial charge on any atom is 0.217 e. The van der Waals surface area contributed by atoms with E-state index < -0.39 is 0 Å². The highest BCUT2D eigenvalue weighted by Crippen LogP contribution is 2.17. The first kappa shape index (κ1) is 10.4. The Morgan fingerprint density at radius 2 is 2.06 bits per heavy atom. The van der Waals surface area contributed by atoms with Gasteiger partial charge in [-0.2, -0.15) is 4.98 Å². The molecule has 0 N–H and O–H groups in total. The Balaban J connectivity index is 2.34. The number of pyridine rings is 1. The number of nitrogens with zero attached hydrogens (tertiary/aromatic N) is 3. The molecule has 0 atom stereocenters. The van der Waals surface area contributed by atoms with Crippen LogP contribution in [0.15, 0.2) is 24.4 Å². The van der Waals surface area contributed by atoms with Crippen molar-refractivity contribution in [3.63, 3.8) is 0 Å². The van der Waals surface area contributed by atoms with Gasteiger partial charge in [-0.05, 0) is 12.1 Å². The molecule has 16 heavy (non-hydrogen) atoms. The van der Waals surface area contributed by atoms with Crippen LogP contribution in [0.25, 0.3) is 11.5 Å². The van der Waals surface area contributed by atoms with Gasteiger partial charge in [0, 0.05) is 6.07 Å². The molecule has 81 valence electrons. The van der Waals surface area contributed by atoms with E-state index >= 15 is 0 Å². The highest BCUT2D eigenvalue weighted by molar-refractivity contribution is 5.50. The Morgan fingerprint density at radius 3 is 2.69 bits per heavy atom. The van der Waals surface area contributed by atoms with Crippen LogP contribution in [-0.4, -0.2) is 29.2 Å². The summed E-state index contributed by atoms with van der Waals surface area (Å²) < 4.78 is 10.0. The molecule has 0 aliphatic heterocycles. The van der Waals surface area contributed by atoms with Crippen LogP contribution in [0.3, 0.4) is 0 Å². The molecule has 0 amide bonds. The van der Waals surface area contributed by atoms with Crippen molar-refractivity contribution in [1.82, 2.24) is 15.0 Å². The van der Waals surface area contributed by atoms with Gasteiger partial charge in [0.1, 0.15) is 11.4 Å². The zero-order valence-corrected chi connectivity index (χ0v) is 8.97. The van der Waals surface area contributed by atoms with E-state index in [1.807, 2.05) is 0 Å². The Morgan fingerprint density at radius 1 is 1.19 bits per heavy atom. The van der Waals surface area contributed by atoms with E-state index in [0.717, 1.165) is 0 Å². The van der Waals surface area contributed by atoms with Gasteiger partial charge in [0.05, 0.1) is 26.6 Å². The first-order valence-electron chi connectivity index (χ1n) is 4.63. The Kier molecular flexibility index (Phi) is 2.95. The lowest BCUT2D eigenvalue weighted by Gasteiger charge is -2.02. The molecule has 2 heterocycles. The van der Waals surface area contributed by atoms with Gasteiger partial charge in [-0.3, -0.25) is 0 Å². The third-order valence-electron chi connectivity index (χ3n) is 1.98. The first-order valence-corrected chi connectivity index (χ1v) is 4.63. The zero-order valence-electron chi connectivity index (χ0n) is 8.97. The lowest BCUT2D eigenvalue weighted by atomic mass is 10.3. The van der Waals surface area contributed by atoms with Gasteiger partial charge in [0.25, 0.3) is 0 Å². The molecule has 2 aromatic rings. The van der Waals surface area contributed by atoms with Crippen molar-refractivity contribution >= 4 is 0 Å². The van der Waals surface area contributed by atoms with Crippen molar-refractivity contribution in [1.29, 1.82) is 0 Å². The van der Waals surface area contributed by atoms with E-state index in [4.69, 9.17) is 9.47 Å². The summed E-state index contributed by atoms with van der Waals surface area (Å²) in [6, 6.07) is 5.14. The van der Waals surface area contributed by atoms with Gasteiger partial charge in [0.2, 0.25) is 5.88 Å². The van der Waals surface area contributed by atoms with Crippen LogP contribution in [0, 0.1) is 6.20 Å². The largest absolute Gasteiger partial charge is 0.495 e. The van der Waals surface area contributed by atoms with Crippen LogP contribution < -0.4 is 9.47 Å². The summed E-state index contributed by atoms with van der Waals surface area (Å²) in [5, 5.41) is 0. The van der Waals surface area contributed by atoms with E-state index in [0.29, 0.717) is 23.1 Å². The standard InChI is InChI=1S/C11H10N3O2/c1-15-8-3-4-9(13-7-8)11-12-6-5-10(14-11)16-2/h3-5,7H,1-2H3. The fraction of sp³-hybridized carbons (Fsp3) is 0.182. The van der Waals surface area contributed by atoms with E-state index in [9.17, 15) is 0 Å². The molecular formula is C11H10N3O2. The summed E-state index contributed by atoms with van der Waals surface area (Å²) >= 11 is 0. The molecule has 0 saturated heterocycles. The highest BCUT2D eigenvalue weighted by atomic mass is 16.5. The average molecular weight is 216 g/mol. The van der Waals surface area contributed by atoms with Gasteiger partial charge in [-0.1, -0.05) is 0 Å². The monoisotopic (exact) mass is 216 g/mol. The maximum absolute atomic E-state index is 5.01. The smallest absolute Gasteiger partial charge is 0.217 e. The Labute approximate surface area is 93.1 Å². The molecule has 5 nitrogen and oxygen atoms in total. The van der Waals surface area contributed by atoms with E-state index in [2.05, 4.69) is 21.1 Å². The highest BCUT2D eigenvalue weighted by Gasteiger charge is 2.04. The van der Waals surface area contributed by atoms with Crippen molar-refractivity contribution < 1.29 is 9.47 Å². The lowest BCUT2D eigenvalue weighted by Crippen LogP contribution is -1.95. The van der Waals surface area contributed by atoms with Crippen LogP contribution in [0.5, 0.6) is 11.6 Å². The van der Waals surface area contributed by atoms with E-state index in [-0.39, 0.29) is 0 Å². The second-order valence-corrected chi connectivity index (χ2v) is 2.95. The number of hydrogen-bond acceptors (Lipinski definition) is 5. The molecule has 0 unspecified atom stereocenters. The zero-order chi connectivity index (χ0) is 11.4. The van der Waals surface area contributed by atoms with Crippen molar-refractivity contribution in [2.75, 3.05) is 14.2 Å². The van der Waals surface area contributed by atoms with Crippen LogP contribution in [0.1, 0.15) is 0 Å². The minimum absolute atomic E-state index is 0.461. The second-order valence-electron chi connectivity index (χ2n) is 2.95. The van der Waals surface area contributed by atoms with Crippen LogP contribution >= 0.6 is 0 Å². The fourth-order valence-corrected chi connectivity index (χ4v) is 1.16. The predicted molar refractivity (Wildman–Crippen MR) is 57.2 cm³/mol. The first-order chi connectivity index (χ1) is 7.83. The second kappa shape index (κ2) is 4.57. The minimum atomic E-state index is 0.461. The molecule has 0 bridgehead atoms. The summed E-state index contributed by atoms with van der Waals surface area (Å²) in [6.07, 6.45) is 4.31. The molecule has 2 aromatic heterocycles. The van der Waals surface area contributed by atoms with E-state index in [1.165, 1.54) is 0 Å². The summed E-state index contributed by atoms with van der Waals surface area (Å²) in [5.41, 5.74) is 0.649. The lowest BCUT2D eigenvalue weighted by molar-refractivity contribution is 0.397. The molecule has 0 fully saturated rings. The number of aromatic nitrogens is 3. The van der Waals surface area contributed by atoms with Gasteiger partial charge >= 0.3 is 0 Å². The van der Waals surface area contributed by atoms with Gasteiger partial charge in [0.15, 0.2) is 5.82 Å². The van der Waals surface area contributed by atoms with Crippen molar-refractivity contribution in [3.8, 4) is 23.1 Å². The molecule has 1 radical (unpaired) electrons. The Hall–Kier alpha value is -2.17. The van der Waals surface area contributed by atoms with Crippen LogP contribution in [0.2, 0.25) is 0 Å². The molecular weight excluding hydrogens is 206 g/mol. The number of ether oxygens (including phenoxy) is 2. The normalized spacial score (nSPS) is 9.88. The molecule has 5 heteroatoms. The maximum atomic E-state index is 5.01. The van der Waals surface area contributed by atoms with Crippen LogP contribution in [0.4, 0.5) is 0 Å². The number of hydrogen-bond donors (Lipinski definition) is 0. The average Bonchev–Trinajstić information content (AvgIpc) is 2.39. The third kappa shape index (κ3) is 2.08. The van der Waals surface area contributed by atoms with Crippen LogP contribution in [-0.2, 0) is 0 Å². The van der Waals surface area contributed by atoms with Crippen molar-refractivity contribution in [3.05, 3.63) is 30.6 Å². The summed E-state index contributed by atoms with van der Waals surface area (Å²) in [5.74, 6) is 1.63. The molecule has 0 aromatic carbocycles. The van der Waals surface area contributed by atoms with Gasteiger partial charge in [-0.25, -0.2) is 9.97 Å². The third-order valence-corrected chi connectivity index (χ3v) is 1.98. The number of rotatable bonds is 3. The van der Waals surface area contributed by atoms with Crippen molar-refractivity contribution in [2.45, 2.75) is 0 Å². The van der Waals surface area contributed by atoms with Gasteiger partial charge < -0.3 is 9.47 Å². The van der Waals surface area contributed by atoms with Crippen molar-refractivity contribution in [2.24, 2.45) is 0 Å². The van der Waals surface area contributed by atoms with E-state index in [1.54, 1.807) is 38.6 Å². The molecule has 0 aliphatic rings. The molecule has 0 aliphatic carbocycles. The molecule has 0 saturated carbocycles. The SMILES string of the molecule is COc1ccc(-c2n[c]cc(OC)n2)nc1. The summed E-state index contributed by atoms with van der Waals surface area (Å²) in [6.45, 7) is 0. The Bertz CT molecular complexity index is 471. The minimum Gasteiger partial charge on any atom is -0.495 e. The fourth-order valence-electron chi connectivity index (χ4n) is 1.16. The summed E-state index contributed by atoms with van der Waals surface area (Å²) in [7, 11) is 3.13. The quantitative estimate of drug-likeness (QED) is 0.775. The number of methoxy groups -OCH3 is 2. The molecule has 2 rings (SSSR count). The molecule has 0 spiro atoms. The topological polar surface area (TPSA) is 57.1 Å². The summed E-state index contributed by atoms with van der Waals surface area (Å²) in [4.78, 5) is 12.3.